The number of hydrogen-bond acceptors (Lipinski definition) is 6. The average Bonchev–Trinajstić information content (AvgIpc) is 3.17. The van der Waals surface area contributed by atoms with E-state index in [0.717, 1.165) is 5.56 Å². The van der Waals surface area contributed by atoms with E-state index in [0.29, 0.717) is 27.8 Å². The summed E-state index contributed by atoms with van der Waals surface area (Å²) < 4.78 is 15.9. The van der Waals surface area contributed by atoms with Crippen LogP contribution in [-0.4, -0.2) is 32.8 Å². The van der Waals surface area contributed by atoms with Crippen LogP contribution in [0.1, 0.15) is 17.3 Å². The number of methoxy groups -OCH3 is 2. The summed E-state index contributed by atoms with van der Waals surface area (Å²) in [4.78, 5) is 25.1. The molecule has 0 atom stereocenters. The van der Waals surface area contributed by atoms with E-state index >= 15 is 0 Å². The molecule has 0 saturated heterocycles. The molecule has 0 saturated carbocycles. The number of carbonyl (C=O) groups is 2. The predicted octanol–water partition coefficient (Wildman–Crippen LogP) is 5.25. The highest BCUT2D eigenvalue weighted by atomic mass is 32.1. The molecule has 0 unspecified atom stereocenters. The third-order valence-electron chi connectivity index (χ3n) is 4.22. The lowest BCUT2D eigenvalue weighted by Gasteiger charge is -2.12. The number of nitrogens with one attached hydrogen (secondary N) is 2. The first-order valence-electron chi connectivity index (χ1n) is 9.21. The van der Waals surface area contributed by atoms with Gasteiger partial charge in [-0.15, -0.1) is 11.3 Å². The van der Waals surface area contributed by atoms with Crippen molar-refractivity contribution < 1.29 is 23.8 Å². The highest BCUT2D eigenvalue weighted by Gasteiger charge is 2.23. The van der Waals surface area contributed by atoms with Crippen LogP contribution in [0.15, 0.2) is 53.9 Å². The number of carbonyl (C=O) groups excluding carboxylic acids is 2. The predicted molar refractivity (Wildman–Crippen MR) is 118 cm³/mol. The largest absolute Gasteiger partial charge is 0.493 e. The minimum absolute atomic E-state index is 0.218. The first-order chi connectivity index (χ1) is 14.6. The molecule has 0 aliphatic heterocycles. The number of thiophene rings is 1. The standard InChI is InChI=1S/C22H22N2O5S/c1-4-29-21(25)19-16(14-10-11-17(27-2)18(12-14)28-3)13-30-20(19)24-22(26)23-15-8-6-5-7-9-15/h5-13H,4H2,1-3H3,(H2,23,24,26). The van der Waals surface area contributed by atoms with Crippen LogP contribution in [-0.2, 0) is 4.74 Å². The fourth-order valence-electron chi connectivity index (χ4n) is 2.86. The Kier molecular flexibility index (Phi) is 6.92. The monoisotopic (exact) mass is 426 g/mol. The Morgan fingerprint density at radius 3 is 2.37 bits per heavy atom. The van der Waals surface area contributed by atoms with Crippen LogP contribution < -0.4 is 20.1 Å². The van der Waals surface area contributed by atoms with Crippen molar-refractivity contribution in [2.45, 2.75) is 6.92 Å². The number of rotatable bonds is 7. The van der Waals surface area contributed by atoms with Gasteiger partial charge in [-0.25, -0.2) is 9.59 Å². The SMILES string of the molecule is CCOC(=O)c1c(-c2ccc(OC)c(OC)c2)csc1NC(=O)Nc1ccccc1. The smallest absolute Gasteiger partial charge is 0.341 e. The molecule has 8 heteroatoms. The first-order valence-corrected chi connectivity index (χ1v) is 10.1. The number of esters is 1. The quantitative estimate of drug-likeness (QED) is 0.504. The van der Waals surface area contributed by atoms with Gasteiger partial charge in [0.2, 0.25) is 0 Å². The maximum absolute atomic E-state index is 12.7. The Bertz CT molecular complexity index is 1030. The summed E-state index contributed by atoms with van der Waals surface area (Å²) in [5, 5.41) is 7.68. The molecular formula is C22H22N2O5S. The van der Waals surface area contributed by atoms with Gasteiger partial charge >= 0.3 is 12.0 Å². The van der Waals surface area contributed by atoms with E-state index in [1.165, 1.54) is 11.3 Å². The molecule has 3 aromatic rings. The van der Waals surface area contributed by atoms with E-state index in [-0.39, 0.29) is 12.2 Å². The number of urea groups is 1. The molecule has 2 aromatic carbocycles. The highest BCUT2D eigenvalue weighted by molar-refractivity contribution is 7.15. The van der Waals surface area contributed by atoms with E-state index in [1.54, 1.807) is 50.8 Å². The molecule has 3 rings (SSSR count). The molecule has 0 fully saturated rings. The summed E-state index contributed by atoms with van der Waals surface area (Å²) in [6, 6.07) is 13.9. The van der Waals surface area contributed by atoms with Crippen molar-refractivity contribution in [2.24, 2.45) is 0 Å². The Morgan fingerprint density at radius 1 is 0.967 bits per heavy atom. The highest BCUT2D eigenvalue weighted by Crippen LogP contribution is 2.39. The lowest BCUT2D eigenvalue weighted by atomic mass is 10.0. The molecule has 0 radical (unpaired) electrons. The zero-order valence-electron chi connectivity index (χ0n) is 16.9. The van der Waals surface area contributed by atoms with E-state index in [1.807, 2.05) is 24.3 Å². The fraction of sp³-hybridized carbons (Fsp3) is 0.182. The molecule has 30 heavy (non-hydrogen) atoms. The van der Waals surface area contributed by atoms with Crippen LogP contribution in [0.5, 0.6) is 11.5 Å². The van der Waals surface area contributed by atoms with Gasteiger partial charge in [0, 0.05) is 16.6 Å². The minimum Gasteiger partial charge on any atom is -0.493 e. The van der Waals surface area contributed by atoms with Gasteiger partial charge < -0.3 is 19.5 Å². The number of amides is 2. The first kappa shape index (κ1) is 21.2. The Labute approximate surface area is 178 Å². The summed E-state index contributed by atoms with van der Waals surface area (Å²) >= 11 is 1.24. The normalized spacial score (nSPS) is 10.2. The third kappa shape index (κ3) is 4.72. The third-order valence-corrected chi connectivity index (χ3v) is 5.12. The maximum atomic E-state index is 12.7. The lowest BCUT2D eigenvalue weighted by molar-refractivity contribution is 0.0529. The van der Waals surface area contributed by atoms with Crippen molar-refractivity contribution in [2.75, 3.05) is 31.5 Å². The van der Waals surface area contributed by atoms with Gasteiger partial charge in [-0.05, 0) is 36.8 Å². The van der Waals surface area contributed by atoms with Crippen molar-refractivity contribution in [3.63, 3.8) is 0 Å². The van der Waals surface area contributed by atoms with Crippen molar-refractivity contribution in [1.82, 2.24) is 0 Å². The number of ether oxygens (including phenoxy) is 3. The van der Waals surface area contributed by atoms with Crippen LogP contribution in [0.3, 0.4) is 0 Å². The molecule has 0 spiro atoms. The Hall–Kier alpha value is -3.52. The molecule has 0 aliphatic rings. The fourth-order valence-corrected chi connectivity index (χ4v) is 3.81. The molecular weight excluding hydrogens is 404 g/mol. The molecule has 2 N–H and O–H groups in total. The van der Waals surface area contributed by atoms with Crippen molar-refractivity contribution >= 4 is 34.0 Å². The number of anilines is 2. The van der Waals surface area contributed by atoms with Gasteiger partial charge in [0.25, 0.3) is 0 Å². The second-order valence-electron chi connectivity index (χ2n) is 6.09. The van der Waals surface area contributed by atoms with E-state index in [9.17, 15) is 9.59 Å². The summed E-state index contributed by atoms with van der Waals surface area (Å²) in [5.41, 5.74) is 2.31. The van der Waals surface area contributed by atoms with E-state index < -0.39 is 12.0 Å². The maximum Gasteiger partial charge on any atom is 0.341 e. The summed E-state index contributed by atoms with van der Waals surface area (Å²) in [5.74, 6) is 0.598. The number of benzene rings is 2. The Balaban J connectivity index is 1.94. The zero-order valence-corrected chi connectivity index (χ0v) is 17.7. The van der Waals surface area contributed by atoms with Crippen LogP contribution in [0.4, 0.5) is 15.5 Å². The molecule has 7 nitrogen and oxygen atoms in total. The number of para-hydroxylation sites is 1. The second kappa shape index (κ2) is 9.80. The van der Waals surface area contributed by atoms with Gasteiger partial charge in [-0.2, -0.15) is 0 Å². The van der Waals surface area contributed by atoms with Crippen LogP contribution in [0.2, 0.25) is 0 Å². The summed E-state index contributed by atoms with van der Waals surface area (Å²) in [7, 11) is 3.10. The molecule has 0 bridgehead atoms. The van der Waals surface area contributed by atoms with Gasteiger partial charge in [-0.1, -0.05) is 24.3 Å². The minimum atomic E-state index is -0.515. The summed E-state index contributed by atoms with van der Waals surface area (Å²) in [6.07, 6.45) is 0. The Morgan fingerprint density at radius 2 is 1.70 bits per heavy atom. The average molecular weight is 426 g/mol. The van der Waals surface area contributed by atoms with Gasteiger partial charge in [-0.3, -0.25) is 5.32 Å². The van der Waals surface area contributed by atoms with Crippen LogP contribution >= 0.6 is 11.3 Å². The molecule has 1 aromatic heterocycles. The van der Waals surface area contributed by atoms with Crippen LogP contribution in [0.25, 0.3) is 11.1 Å². The van der Waals surface area contributed by atoms with Crippen LogP contribution in [0, 0.1) is 0 Å². The van der Waals surface area contributed by atoms with Crippen molar-refractivity contribution in [3.8, 4) is 22.6 Å². The van der Waals surface area contributed by atoms with E-state index in [4.69, 9.17) is 14.2 Å². The summed E-state index contributed by atoms with van der Waals surface area (Å²) in [6.45, 7) is 1.95. The van der Waals surface area contributed by atoms with Crippen molar-refractivity contribution in [3.05, 3.63) is 59.5 Å². The molecule has 2 amide bonds. The molecule has 0 aliphatic carbocycles. The molecule has 156 valence electrons. The number of hydrogen-bond donors (Lipinski definition) is 2. The molecule has 1 heterocycles. The van der Waals surface area contributed by atoms with E-state index in [2.05, 4.69) is 10.6 Å². The zero-order chi connectivity index (χ0) is 21.5. The van der Waals surface area contributed by atoms with Gasteiger partial charge in [0.15, 0.2) is 11.5 Å². The second-order valence-corrected chi connectivity index (χ2v) is 6.97. The van der Waals surface area contributed by atoms with Crippen molar-refractivity contribution in [1.29, 1.82) is 0 Å². The van der Waals surface area contributed by atoms with Gasteiger partial charge in [0.05, 0.1) is 20.8 Å². The van der Waals surface area contributed by atoms with Gasteiger partial charge in [0.1, 0.15) is 10.6 Å². The topological polar surface area (TPSA) is 85.9 Å². The lowest BCUT2D eigenvalue weighted by Crippen LogP contribution is -2.20.